The first-order valence-corrected chi connectivity index (χ1v) is 10.7. The van der Waals surface area contributed by atoms with Gasteiger partial charge in [-0.25, -0.2) is 17.5 Å². The van der Waals surface area contributed by atoms with Crippen molar-refractivity contribution in [2.75, 3.05) is 19.7 Å². The van der Waals surface area contributed by atoms with Crippen LogP contribution in [-0.4, -0.2) is 48.1 Å². The van der Waals surface area contributed by atoms with Crippen LogP contribution in [-0.2, 0) is 10.0 Å². The summed E-state index contributed by atoms with van der Waals surface area (Å²) in [5.74, 6) is -0.559. The Kier molecular flexibility index (Phi) is 6.14. The Balaban J connectivity index is 1.80. The van der Waals surface area contributed by atoms with E-state index < -0.39 is 21.7 Å². The standard InChI is InChI=1S/C19H24FN3O4S/c1-14-19(28(25,26)22-11-5-3-4-6-12-22)15(2)23(21-14)18(24)13-27-17-9-7-16(20)8-10-17/h7-10H,3-6,11-13H2,1-2H3. The van der Waals surface area contributed by atoms with Gasteiger partial charge in [-0.1, -0.05) is 12.8 Å². The van der Waals surface area contributed by atoms with Crippen molar-refractivity contribution in [1.29, 1.82) is 0 Å². The molecule has 0 bridgehead atoms. The van der Waals surface area contributed by atoms with Gasteiger partial charge >= 0.3 is 0 Å². The zero-order chi connectivity index (χ0) is 20.3. The van der Waals surface area contributed by atoms with Crippen LogP contribution in [0.15, 0.2) is 29.2 Å². The first kappa shape index (κ1) is 20.5. The monoisotopic (exact) mass is 409 g/mol. The third-order valence-electron chi connectivity index (χ3n) is 4.80. The summed E-state index contributed by atoms with van der Waals surface area (Å²) in [5.41, 5.74) is 0.561. The highest BCUT2D eigenvalue weighted by Crippen LogP contribution is 2.26. The maximum atomic E-state index is 13.1. The van der Waals surface area contributed by atoms with Crippen LogP contribution in [0.4, 0.5) is 4.39 Å². The fourth-order valence-corrected chi connectivity index (χ4v) is 5.26. The van der Waals surface area contributed by atoms with Crippen molar-refractivity contribution in [2.24, 2.45) is 0 Å². The second kappa shape index (κ2) is 8.40. The quantitative estimate of drug-likeness (QED) is 0.758. The molecule has 0 N–H and O–H groups in total. The first-order valence-electron chi connectivity index (χ1n) is 9.28. The molecule has 1 saturated heterocycles. The van der Waals surface area contributed by atoms with Crippen LogP contribution in [0.1, 0.15) is 41.9 Å². The van der Waals surface area contributed by atoms with Gasteiger partial charge in [-0.3, -0.25) is 4.79 Å². The molecule has 152 valence electrons. The van der Waals surface area contributed by atoms with Gasteiger partial charge in [0.25, 0.3) is 5.91 Å². The number of carbonyl (C=O) groups excluding carboxylic acids is 1. The second-order valence-corrected chi connectivity index (χ2v) is 8.74. The molecule has 1 aliphatic heterocycles. The third-order valence-corrected chi connectivity index (χ3v) is 6.95. The molecule has 28 heavy (non-hydrogen) atoms. The minimum Gasteiger partial charge on any atom is -0.484 e. The molecule has 1 aromatic heterocycles. The van der Waals surface area contributed by atoms with E-state index >= 15 is 0 Å². The van der Waals surface area contributed by atoms with Crippen molar-refractivity contribution in [3.05, 3.63) is 41.5 Å². The summed E-state index contributed by atoms with van der Waals surface area (Å²) in [6.07, 6.45) is 3.69. The van der Waals surface area contributed by atoms with E-state index in [4.69, 9.17) is 4.74 Å². The Morgan fingerprint density at radius 3 is 2.32 bits per heavy atom. The van der Waals surface area contributed by atoms with E-state index in [0.29, 0.717) is 18.8 Å². The van der Waals surface area contributed by atoms with E-state index in [0.717, 1.165) is 30.4 Å². The van der Waals surface area contributed by atoms with Gasteiger partial charge in [0.15, 0.2) is 6.61 Å². The SMILES string of the molecule is Cc1nn(C(=O)COc2ccc(F)cc2)c(C)c1S(=O)(=O)N1CCCCCC1. The van der Waals surface area contributed by atoms with Crippen LogP contribution in [0, 0.1) is 19.7 Å². The zero-order valence-electron chi connectivity index (χ0n) is 16.0. The van der Waals surface area contributed by atoms with E-state index in [2.05, 4.69) is 5.10 Å². The average Bonchev–Trinajstić information content (AvgIpc) is 2.84. The molecule has 2 aromatic rings. The molecule has 1 fully saturated rings. The molecule has 0 atom stereocenters. The second-order valence-electron chi connectivity index (χ2n) is 6.87. The van der Waals surface area contributed by atoms with Crippen molar-refractivity contribution < 1.29 is 22.3 Å². The number of rotatable bonds is 5. The molecule has 0 saturated carbocycles. The highest BCUT2D eigenvalue weighted by molar-refractivity contribution is 7.89. The van der Waals surface area contributed by atoms with Crippen molar-refractivity contribution >= 4 is 15.9 Å². The molecular formula is C19H24FN3O4S. The Bertz CT molecular complexity index is 946. The summed E-state index contributed by atoms with van der Waals surface area (Å²) in [7, 11) is -3.72. The maximum Gasteiger partial charge on any atom is 0.285 e. The summed E-state index contributed by atoms with van der Waals surface area (Å²) in [6.45, 7) is 3.78. The minimum atomic E-state index is -3.72. The molecule has 0 spiro atoms. The molecule has 7 nitrogen and oxygen atoms in total. The summed E-state index contributed by atoms with van der Waals surface area (Å²) in [4.78, 5) is 12.6. The number of sulfonamides is 1. The fraction of sp³-hybridized carbons (Fsp3) is 0.474. The lowest BCUT2D eigenvalue weighted by molar-refractivity contribution is 0.0818. The van der Waals surface area contributed by atoms with Gasteiger partial charge in [0.05, 0.1) is 11.4 Å². The topological polar surface area (TPSA) is 81.5 Å². The number of ether oxygens (including phenoxy) is 1. The fourth-order valence-electron chi connectivity index (χ4n) is 3.39. The molecule has 2 heterocycles. The lowest BCUT2D eigenvalue weighted by Gasteiger charge is -2.20. The number of halogens is 1. The number of aryl methyl sites for hydroxylation is 1. The van der Waals surface area contributed by atoms with Crippen LogP contribution < -0.4 is 4.74 Å². The predicted molar refractivity (Wildman–Crippen MR) is 101 cm³/mol. The molecule has 0 unspecified atom stereocenters. The first-order chi connectivity index (χ1) is 13.3. The van der Waals surface area contributed by atoms with Gasteiger partial charge in [0, 0.05) is 13.1 Å². The van der Waals surface area contributed by atoms with E-state index in [1.807, 2.05) is 0 Å². The van der Waals surface area contributed by atoms with E-state index in [1.54, 1.807) is 13.8 Å². The van der Waals surface area contributed by atoms with Crippen LogP contribution in [0.2, 0.25) is 0 Å². The van der Waals surface area contributed by atoms with Gasteiger partial charge in [-0.05, 0) is 51.0 Å². The molecule has 9 heteroatoms. The highest BCUT2D eigenvalue weighted by atomic mass is 32.2. The molecule has 1 aromatic carbocycles. The number of hydrogen-bond acceptors (Lipinski definition) is 5. The Morgan fingerprint density at radius 2 is 1.71 bits per heavy atom. The predicted octanol–water partition coefficient (Wildman–Crippen LogP) is 2.92. The zero-order valence-corrected chi connectivity index (χ0v) is 16.8. The summed E-state index contributed by atoms with van der Waals surface area (Å²) in [6, 6.07) is 5.29. The van der Waals surface area contributed by atoms with E-state index in [1.165, 1.54) is 28.6 Å². The minimum absolute atomic E-state index is 0.0875. The molecule has 3 rings (SSSR count). The Labute approximate surface area is 164 Å². The van der Waals surface area contributed by atoms with E-state index in [9.17, 15) is 17.6 Å². The van der Waals surface area contributed by atoms with Gasteiger partial charge in [-0.15, -0.1) is 0 Å². The Hall–Kier alpha value is -2.26. The van der Waals surface area contributed by atoms with Crippen molar-refractivity contribution in [2.45, 2.75) is 44.4 Å². The van der Waals surface area contributed by atoms with Crippen molar-refractivity contribution in [1.82, 2.24) is 14.1 Å². The molecule has 0 amide bonds. The van der Waals surface area contributed by atoms with Crippen LogP contribution in [0.3, 0.4) is 0 Å². The largest absolute Gasteiger partial charge is 0.484 e. The lowest BCUT2D eigenvalue weighted by Crippen LogP contribution is -2.32. The number of benzene rings is 1. The van der Waals surface area contributed by atoms with Gasteiger partial charge < -0.3 is 4.74 Å². The normalized spacial score (nSPS) is 16.0. The number of nitrogens with zero attached hydrogens (tertiary/aromatic N) is 3. The number of hydrogen-bond donors (Lipinski definition) is 0. The van der Waals surface area contributed by atoms with E-state index in [-0.39, 0.29) is 22.9 Å². The summed E-state index contributed by atoms with van der Waals surface area (Å²) < 4.78 is 47.1. The maximum absolute atomic E-state index is 13.1. The molecule has 0 radical (unpaired) electrons. The Morgan fingerprint density at radius 1 is 1.11 bits per heavy atom. The van der Waals surface area contributed by atoms with Gasteiger partial charge in [-0.2, -0.15) is 9.40 Å². The number of carbonyl (C=O) groups is 1. The summed E-state index contributed by atoms with van der Waals surface area (Å²) >= 11 is 0. The number of aromatic nitrogens is 2. The molecule has 1 aliphatic rings. The molecular weight excluding hydrogens is 385 g/mol. The average molecular weight is 409 g/mol. The van der Waals surface area contributed by atoms with Crippen molar-refractivity contribution in [3.8, 4) is 5.75 Å². The van der Waals surface area contributed by atoms with Crippen LogP contribution in [0.25, 0.3) is 0 Å². The van der Waals surface area contributed by atoms with Gasteiger partial charge in [0.1, 0.15) is 16.5 Å². The van der Waals surface area contributed by atoms with Gasteiger partial charge in [0.2, 0.25) is 10.0 Å². The smallest absolute Gasteiger partial charge is 0.285 e. The summed E-state index contributed by atoms with van der Waals surface area (Å²) in [5, 5.41) is 4.14. The third kappa shape index (κ3) is 4.25. The van der Waals surface area contributed by atoms with Crippen LogP contribution >= 0.6 is 0 Å². The lowest BCUT2D eigenvalue weighted by atomic mass is 10.2. The molecule has 0 aliphatic carbocycles. The highest BCUT2D eigenvalue weighted by Gasteiger charge is 2.32. The van der Waals surface area contributed by atoms with Crippen LogP contribution in [0.5, 0.6) is 5.75 Å². The van der Waals surface area contributed by atoms with Crippen molar-refractivity contribution in [3.63, 3.8) is 0 Å².